The van der Waals surface area contributed by atoms with E-state index in [2.05, 4.69) is 11.9 Å². The van der Waals surface area contributed by atoms with E-state index in [-0.39, 0.29) is 0 Å². The fraction of sp³-hybridized carbons (Fsp3) is 1.00. The molecule has 0 N–H and O–H groups in total. The summed E-state index contributed by atoms with van der Waals surface area (Å²) in [4.78, 5) is 2.27. The van der Waals surface area contributed by atoms with Crippen molar-refractivity contribution >= 4 is 0 Å². The lowest BCUT2D eigenvalue weighted by atomic mass is 10.0. The third kappa shape index (κ3) is 1.06. The Hall–Kier alpha value is -0.0800. The van der Waals surface area contributed by atoms with Gasteiger partial charge in [0, 0.05) is 6.54 Å². The van der Waals surface area contributed by atoms with Crippen LogP contribution in [0.3, 0.4) is 0 Å². The number of ether oxygens (including phenoxy) is 1. The maximum Gasteiger partial charge on any atom is 0.0991 e. The van der Waals surface area contributed by atoms with E-state index in [4.69, 9.17) is 4.74 Å². The van der Waals surface area contributed by atoms with E-state index in [1.165, 1.54) is 25.8 Å². The zero-order valence-corrected chi connectivity index (χ0v) is 6.55. The highest BCUT2D eigenvalue weighted by Crippen LogP contribution is 2.31. The van der Waals surface area contributed by atoms with E-state index in [9.17, 15) is 0 Å². The molecule has 2 rings (SSSR count). The third-order valence-electron chi connectivity index (χ3n) is 2.64. The molecule has 1 saturated heterocycles. The van der Waals surface area contributed by atoms with Crippen LogP contribution in [0.15, 0.2) is 0 Å². The lowest BCUT2D eigenvalue weighted by Gasteiger charge is -2.32. The molecule has 0 aromatic heterocycles. The normalized spacial score (nSPS) is 41.7. The number of fused-ring (bicyclic) bond motifs is 1. The average Bonchev–Trinajstić information content (AvgIpc) is 2.33. The van der Waals surface area contributed by atoms with Gasteiger partial charge in [0.15, 0.2) is 0 Å². The molecule has 0 unspecified atom stereocenters. The van der Waals surface area contributed by atoms with Crippen LogP contribution in [0.5, 0.6) is 0 Å². The first-order valence-electron chi connectivity index (χ1n) is 4.16. The van der Waals surface area contributed by atoms with Crippen LogP contribution in [0, 0.1) is 5.92 Å². The first-order valence-corrected chi connectivity index (χ1v) is 4.16. The first kappa shape index (κ1) is 6.62. The minimum atomic E-state index is 0.608. The zero-order valence-electron chi connectivity index (χ0n) is 6.55. The third-order valence-corrected chi connectivity index (χ3v) is 2.64. The van der Waals surface area contributed by atoms with Crippen molar-refractivity contribution in [2.45, 2.75) is 25.4 Å². The summed E-state index contributed by atoms with van der Waals surface area (Å²) in [5, 5.41) is 0. The molecule has 0 aromatic carbocycles. The van der Waals surface area contributed by atoms with Crippen molar-refractivity contribution < 1.29 is 4.74 Å². The summed E-state index contributed by atoms with van der Waals surface area (Å²) < 4.78 is 5.64. The van der Waals surface area contributed by atoms with Gasteiger partial charge in [-0.2, -0.15) is 0 Å². The quantitative estimate of drug-likeness (QED) is 0.500. The maximum absolute atomic E-state index is 5.64. The van der Waals surface area contributed by atoms with Gasteiger partial charge in [0.05, 0.1) is 12.8 Å². The monoisotopic (exact) mass is 141 g/mol. The second-order valence-electron chi connectivity index (χ2n) is 3.56. The molecule has 1 heterocycles. The van der Waals surface area contributed by atoms with Crippen molar-refractivity contribution in [1.82, 2.24) is 4.90 Å². The molecule has 2 fully saturated rings. The van der Waals surface area contributed by atoms with Gasteiger partial charge in [0.2, 0.25) is 0 Å². The van der Waals surface area contributed by atoms with Crippen LogP contribution in [-0.4, -0.2) is 31.3 Å². The zero-order chi connectivity index (χ0) is 6.97. The summed E-state index contributed by atoms with van der Waals surface area (Å²) in [6.07, 6.45) is 4.67. The second-order valence-corrected chi connectivity index (χ2v) is 3.56. The standard InChI is InChI=1S/C8H15NO/c1-9-5-7-3-2-4-8(7)10-6-9/h7-8H,2-6H2,1H3/t7-,8-/m1/s1. The lowest BCUT2D eigenvalue weighted by Crippen LogP contribution is -2.40. The van der Waals surface area contributed by atoms with Crippen molar-refractivity contribution in [2.24, 2.45) is 5.92 Å². The van der Waals surface area contributed by atoms with E-state index in [1.54, 1.807) is 0 Å². The molecule has 0 radical (unpaired) electrons. The Morgan fingerprint density at radius 3 is 3.20 bits per heavy atom. The SMILES string of the molecule is CN1CO[C@@H]2CCC[C@@H]2C1. The van der Waals surface area contributed by atoms with Crippen molar-refractivity contribution in [3.63, 3.8) is 0 Å². The number of hydrogen-bond donors (Lipinski definition) is 0. The highest BCUT2D eigenvalue weighted by Gasteiger charge is 2.32. The van der Waals surface area contributed by atoms with Crippen LogP contribution < -0.4 is 0 Å². The minimum absolute atomic E-state index is 0.608. The maximum atomic E-state index is 5.64. The predicted molar refractivity (Wildman–Crippen MR) is 39.7 cm³/mol. The molecule has 0 spiro atoms. The molecule has 0 bridgehead atoms. The van der Waals surface area contributed by atoms with E-state index in [0.717, 1.165) is 12.6 Å². The number of rotatable bonds is 0. The molecule has 2 nitrogen and oxygen atoms in total. The van der Waals surface area contributed by atoms with Crippen LogP contribution in [0.1, 0.15) is 19.3 Å². The Kier molecular flexibility index (Phi) is 1.66. The van der Waals surface area contributed by atoms with Gasteiger partial charge in [-0.15, -0.1) is 0 Å². The second kappa shape index (κ2) is 2.51. The van der Waals surface area contributed by atoms with Crippen LogP contribution >= 0.6 is 0 Å². The number of nitrogens with zero attached hydrogens (tertiary/aromatic N) is 1. The Balaban J connectivity index is 1.96. The average molecular weight is 141 g/mol. The molecule has 1 saturated carbocycles. The van der Waals surface area contributed by atoms with E-state index < -0.39 is 0 Å². The molecule has 1 aliphatic heterocycles. The summed E-state index contributed by atoms with van der Waals surface area (Å²) in [6, 6.07) is 0. The Labute approximate surface area is 62.2 Å². The van der Waals surface area contributed by atoms with Crippen LogP contribution in [0.2, 0.25) is 0 Å². The first-order chi connectivity index (χ1) is 4.86. The van der Waals surface area contributed by atoms with Crippen molar-refractivity contribution in [1.29, 1.82) is 0 Å². The lowest BCUT2D eigenvalue weighted by molar-refractivity contribution is -0.0801. The van der Waals surface area contributed by atoms with Crippen molar-refractivity contribution in [2.75, 3.05) is 20.3 Å². The van der Waals surface area contributed by atoms with E-state index in [0.29, 0.717) is 6.10 Å². The summed E-state index contributed by atoms with van der Waals surface area (Å²) in [5.41, 5.74) is 0. The summed E-state index contributed by atoms with van der Waals surface area (Å²) >= 11 is 0. The Morgan fingerprint density at radius 2 is 2.30 bits per heavy atom. The molecule has 1 aliphatic carbocycles. The molecule has 0 aromatic rings. The summed E-state index contributed by atoms with van der Waals surface area (Å²) in [6.45, 7) is 2.10. The van der Waals surface area contributed by atoms with Gasteiger partial charge >= 0.3 is 0 Å². The van der Waals surface area contributed by atoms with Crippen LogP contribution in [0.4, 0.5) is 0 Å². The summed E-state index contributed by atoms with van der Waals surface area (Å²) in [5.74, 6) is 0.846. The van der Waals surface area contributed by atoms with Gasteiger partial charge < -0.3 is 4.74 Å². The van der Waals surface area contributed by atoms with Crippen molar-refractivity contribution in [3.8, 4) is 0 Å². The topological polar surface area (TPSA) is 12.5 Å². The smallest absolute Gasteiger partial charge is 0.0991 e. The van der Waals surface area contributed by atoms with Crippen LogP contribution in [0.25, 0.3) is 0 Å². The Bertz CT molecular complexity index is 126. The molecular formula is C8H15NO. The fourth-order valence-electron chi connectivity index (χ4n) is 2.11. The van der Waals surface area contributed by atoms with Crippen molar-refractivity contribution in [3.05, 3.63) is 0 Å². The molecular weight excluding hydrogens is 126 g/mol. The molecule has 2 aliphatic rings. The molecule has 58 valence electrons. The molecule has 2 atom stereocenters. The van der Waals surface area contributed by atoms with Gasteiger partial charge in [-0.05, 0) is 25.8 Å². The van der Waals surface area contributed by atoms with Gasteiger partial charge in [0.1, 0.15) is 0 Å². The van der Waals surface area contributed by atoms with Gasteiger partial charge in [-0.3, -0.25) is 4.90 Å². The highest BCUT2D eigenvalue weighted by molar-refractivity contribution is 4.82. The Morgan fingerprint density at radius 1 is 1.40 bits per heavy atom. The fourth-order valence-corrected chi connectivity index (χ4v) is 2.11. The van der Waals surface area contributed by atoms with E-state index in [1.807, 2.05) is 0 Å². The molecule has 0 amide bonds. The predicted octanol–water partition coefficient (Wildman–Crippen LogP) is 1.07. The van der Waals surface area contributed by atoms with Gasteiger partial charge in [-0.25, -0.2) is 0 Å². The van der Waals surface area contributed by atoms with Crippen LogP contribution in [-0.2, 0) is 4.74 Å². The largest absolute Gasteiger partial charge is 0.363 e. The molecule has 2 heteroatoms. The summed E-state index contributed by atoms with van der Waals surface area (Å²) in [7, 11) is 2.13. The van der Waals surface area contributed by atoms with Gasteiger partial charge in [-0.1, -0.05) is 6.42 Å². The van der Waals surface area contributed by atoms with Gasteiger partial charge in [0.25, 0.3) is 0 Å². The number of hydrogen-bond acceptors (Lipinski definition) is 2. The van der Waals surface area contributed by atoms with E-state index >= 15 is 0 Å². The minimum Gasteiger partial charge on any atom is -0.363 e. The highest BCUT2D eigenvalue weighted by atomic mass is 16.5. The molecule has 10 heavy (non-hydrogen) atoms.